The molecule has 0 aliphatic carbocycles. The van der Waals surface area contributed by atoms with E-state index in [2.05, 4.69) is 174 Å². The SMILES string of the molecule is CCCCC(CC)COC(=O)CCSc1ccnc(-c2cnccn2)c1Cl.CCCCC(CC)COC(=O)CCSc1ccnc(Cl)c1Cl.CCC[CH2][Sn]([CH2]CCC)([CH2]CCC)[c]1cnccn1.C[C@@H]1OCC2(CCN(c3cnc(Sc4ccnc(-c5cnccn5)c4Cl)cn3)CC2)[C@@H]1N.Clc1cccnc1Cl.Clc1cnccn1.Clc1nccc(I)c1Cl.S=c1cc[nH]c(-c2cnccn2)c1Cl. The smallest absolute Gasteiger partial charge is 0.148 e. The van der Waals surface area contributed by atoms with Crippen LogP contribution >= 0.6 is 186 Å². The van der Waals surface area contributed by atoms with E-state index in [1.165, 1.54) is 123 Å². The van der Waals surface area contributed by atoms with E-state index < -0.39 is 18.4 Å². The molecule has 14 heterocycles. The van der Waals surface area contributed by atoms with Crippen LogP contribution in [0.15, 0.2) is 205 Å². The zero-order valence-electron chi connectivity index (χ0n) is 78.4. The quantitative estimate of drug-likeness (QED) is 0.00920. The number of carbonyl (C=O) groups excluding carboxylic acids is 2. The number of nitrogens with one attached hydrogen (secondary N) is 1. The minimum absolute atomic E-state index is 0.0953. The second kappa shape index (κ2) is 67.4. The molecule has 14 rings (SSSR count). The number of nitrogens with two attached hydrogens (primary N) is 1. The Hall–Kier alpha value is -6.26. The molecule has 0 aromatic carbocycles. The van der Waals surface area contributed by atoms with Crippen molar-refractivity contribution in [2.45, 2.75) is 216 Å². The van der Waals surface area contributed by atoms with Gasteiger partial charge in [-0.1, -0.05) is 206 Å². The van der Waals surface area contributed by atoms with Gasteiger partial charge in [0.25, 0.3) is 0 Å². The van der Waals surface area contributed by atoms with Gasteiger partial charge in [0.2, 0.25) is 0 Å². The van der Waals surface area contributed by atoms with E-state index in [9.17, 15) is 9.59 Å². The molecule has 0 saturated carbocycles. The van der Waals surface area contributed by atoms with Crippen LogP contribution in [0.5, 0.6) is 0 Å². The average Bonchev–Trinajstić information content (AvgIpc) is 1.62. The second-order valence-electron chi connectivity index (χ2n) is 31.6. The van der Waals surface area contributed by atoms with Crippen LogP contribution in [0.1, 0.15) is 171 Å². The number of pyridine rings is 6. The third kappa shape index (κ3) is 41.5. The number of aromatic amines is 1. The summed E-state index contributed by atoms with van der Waals surface area (Å²) in [6, 6.07) is 12.6. The first-order valence-electron chi connectivity index (χ1n) is 45.6. The van der Waals surface area contributed by atoms with Gasteiger partial charge in [0, 0.05) is 141 Å². The van der Waals surface area contributed by atoms with Crippen LogP contribution in [0.2, 0.25) is 64.1 Å². The van der Waals surface area contributed by atoms with Crippen LogP contribution in [-0.4, -0.2) is 177 Å². The zero-order valence-corrected chi connectivity index (χ0v) is 94.2. The Morgan fingerprint density at radius 2 is 0.993 bits per heavy atom. The van der Waals surface area contributed by atoms with E-state index in [0.29, 0.717) is 134 Å². The summed E-state index contributed by atoms with van der Waals surface area (Å²) in [6.45, 7) is 21.3. The number of hydrogen-bond acceptors (Lipinski definition) is 28. The standard InChI is InChI=1S/C22H24ClN7OS.C20H26ClN3O2S.C16H23Cl2NO2S.C9H6ClN3S.C5H2Cl2IN.C5H3Cl2N.C4H3ClN2.C4H3N2.3C4H9.Sn/c1-14-21(24)22(13-31-14)3-8-30(9-4-22)17-11-29-18(12-28-17)32-16-2-5-27-20(19(16)23)15-10-25-6-7-26-15;1-3-5-6-15(4-2)14-26-18(25)8-12-27-17-7-9-24-20(19(17)21)16-13-22-10-11-23-16;1-3-5-6-12(4-2)11-21-14(20)8-10-22-13-7-9-19-16(18)15(13)17;10-8-7(14)1-2-13-9(8)6-5-11-3-4-12-6;6-4-3(8)1-2-9-5(4)7;6-4-2-1-3-8-5(4)7;5-4-3-6-1-2-7-4;1-2-6-4-3-5-1;3*1-3-4-2;/h2,5-7,10-12,14,21H,3-4,8-9,13,24H2,1H3;7,9-11,13,15H,3-6,8,12,14H2,1-2H3;7,9,12H,3-6,8,10-11H2,1-2H3;1-5H,(H,13,14);1-2H;1-3H;1-3H;1-3H;3*1,3-4H2,2H3;/t14-,21+;;;;;;;;;;;/m0.........../s1. The minimum Gasteiger partial charge on any atom is -0.376 e. The molecule has 0 amide bonds. The predicted molar refractivity (Wildman–Crippen MR) is 580 cm³/mol. The van der Waals surface area contributed by atoms with Gasteiger partial charge < -0.3 is 29.8 Å². The van der Waals surface area contributed by atoms with Crippen LogP contribution in [0.4, 0.5) is 5.82 Å². The zero-order chi connectivity index (χ0) is 99.9. The third-order valence-electron chi connectivity index (χ3n) is 22.0. The summed E-state index contributed by atoms with van der Waals surface area (Å²) >= 11 is 67.9. The average molecular weight is 2370 g/mol. The first-order chi connectivity index (χ1) is 66.8. The number of nitrogens with zero attached hydrogens (tertiary/aromatic N) is 18. The fraction of sp³-hybridized carbons (Fsp3) is 0.423. The molecule has 3 N–H and O–H groups in total. The maximum atomic E-state index is 12.0. The summed E-state index contributed by atoms with van der Waals surface area (Å²) in [7, 11) is 0. The Morgan fingerprint density at radius 1 is 0.514 bits per heavy atom. The number of hydrogen-bond donors (Lipinski definition) is 2. The molecule has 2 aliphatic heterocycles. The Bertz CT molecular complexity index is 5510. The normalized spacial score (nSPS) is 13.7. The van der Waals surface area contributed by atoms with Gasteiger partial charge in [-0.25, -0.2) is 29.9 Å². The van der Waals surface area contributed by atoms with Gasteiger partial charge in [0.1, 0.15) is 59.9 Å². The summed E-state index contributed by atoms with van der Waals surface area (Å²) < 4.78 is 24.0. The molecule has 12 aromatic heterocycles. The molecule has 0 radical (unpaired) electrons. The van der Waals surface area contributed by atoms with Crippen molar-refractivity contribution in [2.24, 2.45) is 23.0 Å². The fourth-order valence-electron chi connectivity index (χ4n) is 13.9. The van der Waals surface area contributed by atoms with Crippen LogP contribution < -0.4 is 14.3 Å². The van der Waals surface area contributed by atoms with Crippen molar-refractivity contribution < 1.29 is 23.8 Å². The maximum Gasteiger partial charge on any atom is 0.148 e. The molecular formula is C97H117Cl10IN20O5S4Sn. The molecule has 12 aromatic rings. The minimum atomic E-state index is -2.27. The number of esters is 2. The summed E-state index contributed by atoms with van der Waals surface area (Å²) in [4.78, 5) is 102. The van der Waals surface area contributed by atoms with Gasteiger partial charge in [-0.15, -0.1) is 23.5 Å². The Labute approximate surface area is 896 Å². The Kier molecular flexibility index (Phi) is 57.9. The maximum absolute atomic E-state index is 12.0. The first-order valence-corrected chi connectivity index (χ1v) is 61.2. The van der Waals surface area contributed by atoms with Crippen molar-refractivity contribution in [3.8, 4) is 34.2 Å². The molecule has 25 nitrogen and oxygen atoms in total. The van der Waals surface area contributed by atoms with Crippen LogP contribution in [0, 0.1) is 25.3 Å². The van der Waals surface area contributed by atoms with Crippen molar-refractivity contribution >= 4 is 226 Å². The van der Waals surface area contributed by atoms with Gasteiger partial charge in [-0.3, -0.25) is 54.4 Å². The van der Waals surface area contributed by atoms with Gasteiger partial charge in [0.15, 0.2) is 0 Å². The predicted octanol–water partition coefficient (Wildman–Crippen LogP) is 28.4. The van der Waals surface area contributed by atoms with E-state index in [0.717, 1.165) is 87.3 Å². The molecule has 1 spiro atoms. The largest absolute Gasteiger partial charge is 0.376 e. The van der Waals surface area contributed by atoms with Crippen molar-refractivity contribution in [3.63, 3.8) is 0 Å². The number of H-pyrrole nitrogens is 1. The molecule has 2 fully saturated rings. The fourth-order valence-corrected chi connectivity index (χ4v) is 34.3. The van der Waals surface area contributed by atoms with Gasteiger partial charge >= 0.3 is 135 Å². The number of thioether (sulfide) groups is 2. The van der Waals surface area contributed by atoms with Crippen molar-refractivity contribution in [1.29, 1.82) is 0 Å². The molecule has 41 heteroatoms. The van der Waals surface area contributed by atoms with E-state index >= 15 is 0 Å². The summed E-state index contributed by atoms with van der Waals surface area (Å²) in [6.07, 6.45) is 58.6. The topological polar surface area (TPSA) is 326 Å². The molecule has 2 saturated heterocycles. The molecule has 2 unspecified atom stereocenters. The monoisotopic (exact) mass is 2370 g/mol. The molecule has 2 aliphatic rings. The van der Waals surface area contributed by atoms with Crippen molar-refractivity contribution in [1.82, 2.24) is 89.7 Å². The number of ether oxygens (including phenoxy) is 3. The first kappa shape index (κ1) is 119. The number of unbranched alkanes of at least 4 members (excludes halogenated alkanes) is 5. The molecule has 740 valence electrons. The van der Waals surface area contributed by atoms with Crippen molar-refractivity contribution in [3.05, 3.63) is 244 Å². The summed E-state index contributed by atoms with van der Waals surface area (Å²) in [5.74, 6) is 2.73. The number of aromatic nitrogens is 18. The van der Waals surface area contributed by atoms with Crippen LogP contribution in [0.3, 0.4) is 0 Å². The van der Waals surface area contributed by atoms with E-state index in [4.69, 9.17) is 153 Å². The number of carbonyl (C=O) groups is 2. The van der Waals surface area contributed by atoms with Crippen LogP contribution in [-0.2, 0) is 23.8 Å². The van der Waals surface area contributed by atoms with Gasteiger partial charge in [-0.05, 0) is 109 Å². The van der Waals surface area contributed by atoms with E-state index in [-0.39, 0.29) is 34.7 Å². The van der Waals surface area contributed by atoms with Crippen molar-refractivity contribution in [2.75, 3.05) is 49.3 Å². The molecular weight excluding hydrogens is 2250 g/mol. The summed E-state index contributed by atoms with van der Waals surface area (Å²) in [5, 5.41) is 5.22. The Balaban J connectivity index is 0.000000224. The number of halogens is 11. The number of rotatable bonds is 36. The molecule has 0 bridgehead atoms. The van der Waals surface area contributed by atoms with Gasteiger partial charge in [-0.2, -0.15) is 0 Å². The third-order valence-corrected chi connectivity index (χ3v) is 45.7. The Morgan fingerprint density at radius 3 is 1.42 bits per heavy atom. The number of piperidine rings is 1. The van der Waals surface area contributed by atoms with E-state index in [1.807, 2.05) is 30.7 Å². The second-order valence-corrected chi connectivity index (χ2v) is 53.4. The molecule has 138 heavy (non-hydrogen) atoms. The van der Waals surface area contributed by atoms with Crippen LogP contribution in [0.25, 0.3) is 34.2 Å². The number of anilines is 1. The summed E-state index contributed by atoms with van der Waals surface area (Å²) in [5.41, 5.74) is 10.4. The van der Waals surface area contributed by atoms with E-state index in [1.54, 1.807) is 142 Å². The van der Waals surface area contributed by atoms with Gasteiger partial charge in [0.05, 0.1) is 116 Å². The molecule has 4 atom stereocenters.